The molecule has 0 bridgehead atoms. The predicted octanol–water partition coefficient (Wildman–Crippen LogP) is 4.35. The molecule has 40 heavy (non-hydrogen) atoms. The van der Waals surface area contributed by atoms with Gasteiger partial charge in [0.2, 0.25) is 0 Å². The number of ketones is 1. The SMILES string of the molecule is COC[C@H]1CCN1C/C=C/C(=O)Cc1cc2c(Nc3ccc(F)c(Cl)c3)ncnc2cc1OC[C@H]1COCCO1. The fourth-order valence-corrected chi connectivity index (χ4v) is 4.89. The molecule has 0 radical (unpaired) electrons. The van der Waals surface area contributed by atoms with E-state index < -0.39 is 5.82 Å². The van der Waals surface area contributed by atoms with Gasteiger partial charge in [0.1, 0.15) is 36.4 Å². The van der Waals surface area contributed by atoms with E-state index >= 15 is 0 Å². The molecule has 0 aliphatic carbocycles. The van der Waals surface area contributed by atoms with Crippen LogP contribution >= 0.6 is 11.6 Å². The fourth-order valence-electron chi connectivity index (χ4n) is 4.71. The molecule has 0 saturated carbocycles. The Kier molecular flexibility index (Phi) is 9.56. The lowest BCUT2D eigenvalue weighted by Gasteiger charge is -2.39. The highest BCUT2D eigenvalue weighted by molar-refractivity contribution is 6.31. The van der Waals surface area contributed by atoms with Crippen LogP contribution in [0, 0.1) is 5.82 Å². The van der Waals surface area contributed by atoms with Crippen molar-refractivity contribution in [2.24, 2.45) is 0 Å². The largest absolute Gasteiger partial charge is 0.490 e. The Morgan fingerprint density at radius 1 is 1.25 bits per heavy atom. The van der Waals surface area contributed by atoms with Gasteiger partial charge < -0.3 is 24.3 Å². The molecule has 2 fully saturated rings. The zero-order valence-corrected chi connectivity index (χ0v) is 23.0. The number of aromatic nitrogens is 2. The van der Waals surface area contributed by atoms with Crippen LogP contribution in [0.2, 0.25) is 5.02 Å². The maximum absolute atomic E-state index is 13.7. The van der Waals surface area contributed by atoms with Crippen molar-refractivity contribution in [3.8, 4) is 5.75 Å². The van der Waals surface area contributed by atoms with E-state index in [2.05, 4.69) is 20.2 Å². The number of halogens is 2. The number of ether oxygens (including phenoxy) is 4. The van der Waals surface area contributed by atoms with E-state index in [1.807, 2.05) is 12.1 Å². The molecule has 2 atom stereocenters. The van der Waals surface area contributed by atoms with E-state index in [4.69, 9.17) is 30.5 Å². The summed E-state index contributed by atoms with van der Waals surface area (Å²) >= 11 is 5.96. The number of nitrogens with zero attached hydrogens (tertiary/aromatic N) is 3. The molecule has 2 aliphatic heterocycles. The van der Waals surface area contributed by atoms with Gasteiger partial charge in [-0.05, 0) is 36.8 Å². The Labute approximate surface area is 237 Å². The zero-order chi connectivity index (χ0) is 27.9. The number of hydrogen-bond acceptors (Lipinski definition) is 9. The van der Waals surface area contributed by atoms with Gasteiger partial charge in [-0.1, -0.05) is 17.7 Å². The monoisotopic (exact) mass is 570 g/mol. The Morgan fingerprint density at radius 3 is 2.90 bits per heavy atom. The number of carbonyl (C=O) groups excluding carboxylic acids is 1. The minimum absolute atomic E-state index is 0.00204. The molecular formula is C29H32ClFN4O5. The van der Waals surface area contributed by atoms with Crippen LogP contribution in [0.3, 0.4) is 0 Å². The first-order valence-corrected chi connectivity index (χ1v) is 13.6. The number of anilines is 2. The van der Waals surface area contributed by atoms with Crippen LogP contribution in [-0.2, 0) is 25.4 Å². The molecule has 9 nitrogen and oxygen atoms in total. The molecule has 11 heteroatoms. The van der Waals surface area contributed by atoms with Crippen molar-refractivity contribution in [3.63, 3.8) is 0 Å². The Balaban J connectivity index is 1.37. The van der Waals surface area contributed by atoms with Crippen molar-refractivity contribution in [2.45, 2.75) is 25.0 Å². The van der Waals surface area contributed by atoms with Gasteiger partial charge in [0, 0.05) is 55.4 Å². The molecule has 2 aliphatic rings. The van der Waals surface area contributed by atoms with Gasteiger partial charge in [0.15, 0.2) is 5.78 Å². The van der Waals surface area contributed by atoms with Gasteiger partial charge in [0.25, 0.3) is 0 Å². The van der Waals surface area contributed by atoms with Crippen molar-refractivity contribution in [1.82, 2.24) is 14.9 Å². The Hall–Kier alpha value is -3.15. The van der Waals surface area contributed by atoms with Gasteiger partial charge >= 0.3 is 0 Å². The minimum atomic E-state index is -0.508. The van der Waals surface area contributed by atoms with E-state index in [-0.39, 0.29) is 29.9 Å². The highest BCUT2D eigenvalue weighted by Gasteiger charge is 2.26. The van der Waals surface area contributed by atoms with E-state index in [9.17, 15) is 9.18 Å². The van der Waals surface area contributed by atoms with Crippen LogP contribution in [0.25, 0.3) is 10.9 Å². The van der Waals surface area contributed by atoms with E-state index in [1.165, 1.54) is 18.5 Å². The normalized spacial score (nSPS) is 19.6. The van der Waals surface area contributed by atoms with E-state index in [0.29, 0.717) is 72.7 Å². The van der Waals surface area contributed by atoms with Gasteiger partial charge in [-0.15, -0.1) is 0 Å². The second-order valence-corrected chi connectivity index (χ2v) is 10.2. The number of methoxy groups -OCH3 is 1. The average molecular weight is 571 g/mol. The molecule has 1 aromatic heterocycles. The average Bonchev–Trinajstić information content (AvgIpc) is 2.95. The van der Waals surface area contributed by atoms with Crippen molar-refractivity contribution in [3.05, 3.63) is 65.2 Å². The quantitative estimate of drug-likeness (QED) is 0.319. The minimum Gasteiger partial charge on any atom is -0.490 e. The van der Waals surface area contributed by atoms with Crippen LogP contribution < -0.4 is 10.1 Å². The van der Waals surface area contributed by atoms with E-state index in [1.54, 1.807) is 25.3 Å². The smallest absolute Gasteiger partial charge is 0.159 e. The number of likely N-dealkylation sites (tertiary alicyclic amines) is 1. The first-order valence-electron chi connectivity index (χ1n) is 13.2. The second-order valence-electron chi connectivity index (χ2n) is 9.77. The Morgan fingerprint density at radius 2 is 2.15 bits per heavy atom. The Bertz CT molecular complexity index is 1370. The fraction of sp³-hybridized carbons (Fsp3) is 0.414. The van der Waals surface area contributed by atoms with Crippen LogP contribution in [0.4, 0.5) is 15.9 Å². The van der Waals surface area contributed by atoms with Crippen LogP contribution in [-0.4, -0.2) is 86.0 Å². The summed E-state index contributed by atoms with van der Waals surface area (Å²) in [5, 5.41) is 3.86. The summed E-state index contributed by atoms with van der Waals surface area (Å²) in [5.74, 6) is 0.475. The van der Waals surface area contributed by atoms with Gasteiger partial charge in [-0.2, -0.15) is 0 Å². The lowest BCUT2D eigenvalue weighted by atomic mass is 10.0. The van der Waals surface area contributed by atoms with Crippen molar-refractivity contribution in [1.29, 1.82) is 0 Å². The number of nitrogens with one attached hydrogen (secondary N) is 1. The zero-order valence-electron chi connectivity index (χ0n) is 22.3. The third-order valence-electron chi connectivity index (χ3n) is 6.94. The molecule has 212 valence electrons. The molecule has 2 saturated heterocycles. The standard InChI is InChI=1S/C29H32ClFN4O5/c1-37-15-21-6-8-35(21)7-2-3-22(36)11-19-12-24-27(14-28(19)40-17-23-16-38-9-10-39-23)32-18-33-29(24)34-20-4-5-26(31)25(30)13-20/h2-5,12-14,18,21,23H,6-11,15-17H2,1H3,(H,32,33,34)/b3-2+/t21-,23-/m1/s1. The maximum Gasteiger partial charge on any atom is 0.159 e. The third-order valence-corrected chi connectivity index (χ3v) is 7.23. The molecule has 1 N–H and O–H groups in total. The summed E-state index contributed by atoms with van der Waals surface area (Å²) in [6, 6.07) is 8.39. The highest BCUT2D eigenvalue weighted by atomic mass is 35.5. The van der Waals surface area contributed by atoms with Gasteiger partial charge in [0.05, 0.1) is 37.0 Å². The van der Waals surface area contributed by atoms with Crippen molar-refractivity contribution < 1.29 is 28.1 Å². The summed E-state index contributed by atoms with van der Waals surface area (Å²) in [7, 11) is 1.70. The number of rotatable bonds is 12. The number of allylic oxidation sites excluding steroid dienone is 1. The second kappa shape index (κ2) is 13.5. The van der Waals surface area contributed by atoms with E-state index in [0.717, 1.165) is 13.0 Å². The molecule has 3 aromatic rings. The number of hydrogen-bond donors (Lipinski definition) is 1. The van der Waals surface area contributed by atoms with Crippen LogP contribution in [0.5, 0.6) is 5.75 Å². The molecular weight excluding hydrogens is 539 g/mol. The van der Waals surface area contributed by atoms with Gasteiger partial charge in [-0.3, -0.25) is 9.69 Å². The van der Waals surface area contributed by atoms with Crippen LogP contribution in [0.15, 0.2) is 48.8 Å². The number of carbonyl (C=O) groups is 1. The highest BCUT2D eigenvalue weighted by Crippen LogP contribution is 2.31. The summed E-state index contributed by atoms with van der Waals surface area (Å²) in [6.07, 6.45) is 5.98. The molecule has 0 spiro atoms. The lowest BCUT2D eigenvalue weighted by molar-refractivity contribution is -0.114. The summed E-state index contributed by atoms with van der Waals surface area (Å²) in [4.78, 5) is 24.1. The number of fused-ring (bicyclic) bond motifs is 1. The van der Waals surface area contributed by atoms with Crippen molar-refractivity contribution in [2.75, 3.05) is 58.6 Å². The summed E-state index contributed by atoms with van der Waals surface area (Å²) < 4.78 is 36.3. The van der Waals surface area contributed by atoms with Gasteiger partial charge in [-0.25, -0.2) is 14.4 Å². The first kappa shape index (κ1) is 28.4. The van der Waals surface area contributed by atoms with Crippen molar-refractivity contribution >= 4 is 39.8 Å². The maximum atomic E-state index is 13.7. The molecule has 0 amide bonds. The first-order chi connectivity index (χ1) is 19.5. The van der Waals surface area contributed by atoms with Crippen LogP contribution in [0.1, 0.15) is 12.0 Å². The summed E-state index contributed by atoms with van der Waals surface area (Å²) in [6.45, 7) is 4.19. The summed E-state index contributed by atoms with van der Waals surface area (Å²) in [5.41, 5.74) is 1.88. The molecule has 0 unspecified atom stereocenters. The molecule has 5 rings (SSSR count). The predicted molar refractivity (Wildman–Crippen MR) is 150 cm³/mol. The molecule has 2 aromatic carbocycles. The number of benzene rings is 2. The topological polar surface area (TPSA) is 95.0 Å². The third kappa shape index (κ3) is 7.13. The molecule has 3 heterocycles. The lowest BCUT2D eigenvalue weighted by Crippen LogP contribution is -2.49.